The van der Waals surface area contributed by atoms with Crippen molar-refractivity contribution in [2.75, 3.05) is 0 Å². The SMILES string of the molecule is CC1C=CC(C2C3CC4CC(C3)CC2C4)=C1. The summed E-state index contributed by atoms with van der Waals surface area (Å²) in [4.78, 5) is 0. The molecule has 1 atom stereocenters. The van der Waals surface area contributed by atoms with E-state index >= 15 is 0 Å². The molecule has 0 saturated heterocycles. The summed E-state index contributed by atoms with van der Waals surface area (Å²) in [6.45, 7) is 2.32. The van der Waals surface area contributed by atoms with Crippen LogP contribution in [-0.4, -0.2) is 0 Å². The Bertz CT molecular complexity index is 332. The lowest BCUT2D eigenvalue weighted by Crippen LogP contribution is -2.45. The molecular formula is C16H22. The van der Waals surface area contributed by atoms with Crippen LogP contribution in [0.1, 0.15) is 39.0 Å². The van der Waals surface area contributed by atoms with Gasteiger partial charge >= 0.3 is 0 Å². The lowest BCUT2D eigenvalue weighted by Gasteiger charge is -2.54. The van der Waals surface area contributed by atoms with Gasteiger partial charge < -0.3 is 0 Å². The monoisotopic (exact) mass is 214 g/mol. The highest BCUT2D eigenvalue weighted by atomic mass is 14.5. The number of allylic oxidation sites excluding steroid dienone is 4. The molecule has 4 saturated carbocycles. The predicted molar refractivity (Wildman–Crippen MR) is 66.9 cm³/mol. The molecule has 86 valence electrons. The minimum Gasteiger partial charge on any atom is -0.0776 e. The van der Waals surface area contributed by atoms with Crippen molar-refractivity contribution in [3.63, 3.8) is 0 Å². The van der Waals surface area contributed by atoms with Crippen LogP contribution in [0, 0.1) is 35.5 Å². The van der Waals surface area contributed by atoms with Crippen LogP contribution in [0.2, 0.25) is 0 Å². The van der Waals surface area contributed by atoms with Gasteiger partial charge in [-0.05, 0) is 73.2 Å². The third-order valence-electron chi connectivity index (χ3n) is 5.66. The number of hydrogen-bond acceptors (Lipinski definition) is 0. The third kappa shape index (κ3) is 1.28. The minimum atomic E-state index is 0.701. The second kappa shape index (κ2) is 3.24. The van der Waals surface area contributed by atoms with E-state index in [1.165, 1.54) is 0 Å². The van der Waals surface area contributed by atoms with Crippen molar-refractivity contribution in [2.24, 2.45) is 35.5 Å². The first-order chi connectivity index (χ1) is 7.79. The van der Waals surface area contributed by atoms with Crippen LogP contribution in [0.4, 0.5) is 0 Å². The van der Waals surface area contributed by atoms with Gasteiger partial charge in [0.05, 0.1) is 0 Å². The van der Waals surface area contributed by atoms with Gasteiger partial charge in [-0.2, -0.15) is 0 Å². The summed E-state index contributed by atoms with van der Waals surface area (Å²) in [7, 11) is 0. The van der Waals surface area contributed by atoms with Gasteiger partial charge in [-0.15, -0.1) is 0 Å². The van der Waals surface area contributed by atoms with Gasteiger partial charge in [0.15, 0.2) is 0 Å². The third-order valence-corrected chi connectivity index (χ3v) is 5.66. The zero-order valence-electron chi connectivity index (χ0n) is 10.2. The Balaban J connectivity index is 1.65. The summed E-state index contributed by atoms with van der Waals surface area (Å²) in [6.07, 6.45) is 15.2. The van der Waals surface area contributed by atoms with Gasteiger partial charge in [0, 0.05) is 0 Å². The summed E-state index contributed by atoms with van der Waals surface area (Å²) < 4.78 is 0. The summed E-state index contributed by atoms with van der Waals surface area (Å²) in [5.41, 5.74) is 1.71. The molecule has 5 rings (SSSR count). The number of hydrogen-bond donors (Lipinski definition) is 0. The molecule has 5 aliphatic carbocycles. The van der Waals surface area contributed by atoms with E-state index in [0.717, 1.165) is 29.6 Å². The van der Waals surface area contributed by atoms with Gasteiger partial charge in [0.25, 0.3) is 0 Å². The highest BCUT2D eigenvalue weighted by Crippen LogP contribution is 2.58. The van der Waals surface area contributed by atoms with E-state index in [0.29, 0.717) is 5.92 Å². The molecule has 0 radical (unpaired) electrons. The summed E-state index contributed by atoms with van der Waals surface area (Å²) in [5.74, 6) is 5.99. The van der Waals surface area contributed by atoms with Crippen LogP contribution < -0.4 is 0 Å². The second-order valence-electron chi connectivity index (χ2n) is 6.84. The molecule has 0 aliphatic heterocycles. The zero-order chi connectivity index (χ0) is 10.7. The number of rotatable bonds is 1. The summed E-state index contributed by atoms with van der Waals surface area (Å²) in [6, 6.07) is 0. The molecule has 0 nitrogen and oxygen atoms in total. The molecule has 0 spiro atoms. The first-order valence-corrected chi connectivity index (χ1v) is 7.19. The van der Waals surface area contributed by atoms with Gasteiger partial charge in [-0.3, -0.25) is 0 Å². The van der Waals surface area contributed by atoms with Crippen molar-refractivity contribution < 1.29 is 0 Å². The van der Waals surface area contributed by atoms with E-state index in [-0.39, 0.29) is 0 Å². The normalized spacial score (nSPS) is 53.4. The standard InChI is InChI=1S/C16H22/c1-10-2-3-13(4-10)16-14-6-11-5-12(8-14)9-15(16)7-11/h2-4,10-12,14-16H,5-9H2,1H3. The van der Waals surface area contributed by atoms with Gasteiger partial charge in [-0.25, -0.2) is 0 Å². The maximum atomic E-state index is 2.53. The molecule has 0 N–H and O–H groups in total. The summed E-state index contributed by atoms with van der Waals surface area (Å²) >= 11 is 0. The predicted octanol–water partition coefficient (Wildman–Crippen LogP) is 4.19. The Kier molecular flexibility index (Phi) is 1.93. The quantitative estimate of drug-likeness (QED) is 0.614. The molecule has 0 heteroatoms. The fourth-order valence-electron chi connectivity index (χ4n) is 5.37. The largest absolute Gasteiger partial charge is 0.0776 e. The Morgan fingerprint density at radius 2 is 1.56 bits per heavy atom. The second-order valence-corrected chi connectivity index (χ2v) is 6.84. The average molecular weight is 214 g/mol. The van der Waals surface area contributed by atoms with Crippen LogP contribution >= 0.6 is 0 Å². The first-order valence-electron chi connectivity index (χ1n) is 7.19. The van der Waals surface area contributed by atoms with E-state index in [1.54, 1.807) is 37.7 Å². The molecule has 0 aromatic rings. The maximum Gasteiger partial charge on any atom is -0.00727 e. The Hall–Kier alpha value is -0.520. The molecular weight excluding hydrogens is 192 g/mol. The smallest absolute Gasteiger partial charge is 0.00727 e. The fourth-order valence-corrected chi connectivity index (χ4v) is 5.37. The van der Waals surface area contributed by atoms with Crippen molar-refractivity contribution in [3.8, 4) is 0 Å². The van der Waals surface area contributed by atoms with Gasteiger partial charge in [0.1, 0.15) is 0 Å². The van der Waals surface area contributed by atoms with Crippen LogP contribution in [-0.2, 0) is 0 Å². The highest BCUT2D eigenvalue weighted by Gasteiger charge is 2.48. The first kappa shape index (κ1) is 9.50. The minimum absolute atomic E-state index is 0.701. The molecule has 4 bridgehead atoms. The molecule has 0 amide bonds. The Labute approximate surface area is 98.8 Å². The topological polar surface area (TPSA) is 0 Å². The van der Waals surface area contributed by atoms with Crippen LogP contribution in [0.15, 0.2) is 23.8 Å². The lowest BCUT2D eigenvalue weighted by molar-refractivity contribution is -0.0194. The van der Waals surface area contributed by atoms with Crippen molar-refractivity contribution in [2.45, 2.75) is 39.0 Å². The molecule has 1 unspecified atom stereocenters. The summed E-state index contributed by atoms with van der Waals surface area (Å²) in [5, 5.41) is 0. The maximum absolute atomic E-state index is 2.53. The van der Waals surface area contributed by atoms with E-state index in [2.05, 4.69) is 25.2 Å². The zero-order valence-corrected chi connectivity index (χ0v) is 10.2. The van der Waals surface area contributed by atoms with Crippen LogP contribution in [0.25, 0.3) is 0 Å². The highest BCUT2D eigenvalue weighted by molar-refractivity contribution is 5.33. The molecule has 0 heterocycles. The van der Waals surface area contributed by atoms with Crippen LogP contribution in [0.5, 0.6) is 0 Å². The van der Waals surface area contributed by atoms with E-state index in [9.17, 15) is 0 Å². The lowest BCUT2D eigenvalue weighted by atomic mass is 9.50. The van der Waals surface area contributed by atoms with E-state index in [1.807, 2.05) is 0 Å². The van der Waals surface area contributed by atoms with Crippen molar-refractivity contribution in [1.82, 2.24) is 0 Å². The van der Waals surface area contributed by atoms with Crippen molar-refractivity contribution in [3.05, 3.63) is 23.8 Å². The van der Waals surface area contributed by atoms with E-state index in [4.69, 9.17) is 0 Å². The average Bonchev–Trinajstić information content (AvgIpc) is 2.63. The van der Waals surface area contributed by atoms with Crippen LogP contribution in [0.3, 0.4) is 0 Å². The van der Waals surface area contributed by atoms with Gasteiger partial charge in [0.2, 0.25) is 0 Å². The Morgan fingerprint density at radius 1 is 0.938 bits per heavy atom. The molecule has 4 fully saturated rings. The van der Waals surface area contributed by atoms with Crippen molar-refractivity contribution >= 4 is 0 Å². The molecule has 16 heavy (non-hydrogen) atoms. The molecule has 0 aromatic carbocycles. The Morgan fingerprint density at radius 3 is 2.06 bits per heavy atom. The molecule has 5 aliphatic rings. The van der Waals surface area contributed by atoms with Crippen molar-refractivity contribution in [1.29, 1.82) is 0 Å². The van der Waals surface area contributed by atoms with Gasteiger partial charge in [-0.1, -0.05) is 25.2 Å². The fraction of sp³-hybridized carbons (Fsp3) is 0.750. The molecule has 0 aromatic heterocycles. The van der Waals surface area contributed by atoms with E-state index < -0.39 is 0 Å².